The van der Waals surface area contributed by atoms with Crippen molar-refractivity contribution in [2.75, 3.05) is 6.54 Å². The van der Waals surface area contributed by atoms with Crippen LogP contribution in [0.4, 0.5) is 0 Å². The summed E-state index contributed by atoms with van der Waals surface area (Å²) in [6.45, 7) is 0.543. The van der Waals surface area contributed by atoms with E-state index in [0.717, 1.165) is 6.42 Å². The van der Waals surface area contributed by atoms with E-state index in [4.69, 9.17) is 5.73 Å². The van der Waals surface area contributed by atoms with Crippen molar-refractivity contribution in [1.82, 2.24) is 10.2 Å². The second kappa shape index (κ2) is 6.69. The number of primary amides is 1. The Morgan fingerprint density at radius 3 is 2.78 bits per heavy atom. The lowest BCUT2D eigenvalue weighted by Crippen LogP contribution is -2.30. The molecule has 1 aromatic carbocycles. The highest BCUT2D eigenvalue weighted by Gasteiger charge is 2.39. The first-order valence-electron chi connectivity index (χ1n) is 7.90. The summed E-state index contributed by atoms with van der Waals surface area (Å²) in [6.07, 6.45) is 7.43. The van der Waals surface area contributed by atoms with Gasteiger partial charge >= 0.3 is 0 Å². The summed E-state index contributed by atoms with van der Waals surface area (Å²) in [4.78, 5) is 25.1. The summed E-state index contributed by atoms with van der Waals surface area (Å²) in [5, 5.41) is 3.07. The number of allylic oxidation sites excluding steroid dienone is 1. The normalized spacial score (nSPS) is 22.4. The fraction of sp³-hybridized carbons (Fsp3) is 0.333. The molecule has 0 bridgehead atoms. The highest BCUT2D eigenvalue weighted by molar-refractivity contribution is 5.92. The summed E-state index contributed by atoms with van der Waals surface area (Å²) in [5.74, 6) is 0.0744. The van der Waals surface area contributed by atoms with Crippen molar-refractivity contribution in [2.24, 2.45) is 5.73 Å². The molecule has 2 atom stereocenters. The number of hydrogen-bond donors (Lipinski definition) is 2. The molecule has 5 nitrogen and oxygen atoms in total. The van der Waals surface area contributed by atoms with E-state index in [1.54, 1.807) is 6.20 Å². The maximum absolute atomic E-state index is 12.1. The number of rotatable bonds is 6. The van der Waals surface area contributed by atoms with E-state index in [0.29, 0.717) is 30.9 Å². The molecule has 23 heavy (non-hydrogen) atoms. The minimum atomic E-state index is -0.410. The second-order valence-corrected chi connectivity index (χ2v) is 6.02. The first-order valence-corrected chi connectivity index (χ1v) is 7.90. The smallest absolute Gasteiger partial charge is 0.246 e. The van der Waals surface area contributed by atoms with Crippen LogP contribution in [-0.2, 0) is 9.59 Å². The Kier molecular flexibility index (Phi) is 4.46. The number of carbonyl (C=O) groups excluding carboxylic acids is 2. The van der Waals surface area contributed by atoms with Crippen LogP contribution in [0.1, 0.15) is 30.7 Å². The van der Waals surface area contributed by atoms with Crippen molar-refractivity contribution in [2.45, 2.75) is 31.2 Å². The minimum Gasteiger partial charge on any atom is -0.366 e. The van der Waals surface area contributed by atoms with Gasteiger partial charge in [0.2, 0.25) is 11.8 Å². The maximum atomic E-state index is 12.1. The van der Waals surface area contributed by atoms with Crippen LogP contribution in [0.25, 0.3) is 0 Å². The van der Waals surface area contributed by atoms with Crippen LogP contribution in [0.3, 0.4) is 0 Å². The first-order chi connectivity index (χ1) is 11.1. The second-order valence-electron chi connectivity index (χ2n) is 6.02. The highest BCUT2D eigenvalue weighted by Crippen LogP contribution is 2.40. The van der Waals surface area contributed by atoms with Gasteiger partial charge in [-0.05, 0) is 24.6 Å². The molecule has 0 unspecified atom stereocenters. The minimum absolute atomic E-state index is 0.0430. The number of hydrogen-bond acceptors (Lipinski definition) is 3. The zero-order chi connectivity index (χ0) is 16.2. The van der Waals surface area contributed by atoms with E-state index in [1.807, 2.05) is 35.4 Å². The molecule has 3 N–H and O–H groups in total. The van der Waals surface area contributed by atoms with Gasteiger partial charge in [-0.1, -0.05) is 36.4 Å². The molecule has 1 fully saturated rings. The van der Waals surface area contributed by atoms with E-state index in [1.165, 1.54) is 5.56 Å². The third kappa shape index (κ3) is 4.00. The van der Waals surface area contributed by atoms with E-state index < -0.39 is 5.91 Å². The van der Waals surface area contributed by atoms with Crippen LogP contribution in [0.2, 0.25) is 0 Å². The number of nitrogens with one attached hydrogen (secondary N) is 1. The third-order valence-corrected chi connectivity index (χ3v) is 4.23. The standard InChI is InChI=1S/C18H21N3O2/c19-18(23)14-7-4-9-21(12-14)10-8-17(22)20-16-11-15(16)13-5-2-1-3-6-13/h1-6,9,12,15-16H,7-8,10-11H2,(H2,19,23)(H,20,22)/t15-,16+/m0/s1. The summed E-state index contributed by atoms with van der Waals surface area (Å²) < 4.78 is 0. The molecule has 5 heteroatoms. The Bertz CT molecular complexity index is 651. The monoisotopic (exact) mass is 311 g/mol. The molecule has 120 valence electrons. The van der Waals surface area contributed by atoms with Crippen LogP contribution in [0.15, 0.2) is 54.4 Å². The molecule has 2 aliphatic rings. The molecule has 1 aliphatic heterocycles. The summed E-state index contributed by atoms with van der Waals surface area (Å²) in [5.41, 5.74) is 7.13. The van der Waals surface area contributed by atoms with Gasteiger partial charge < -0.3 is 16.0 Å². The topological polar surface area (TPSA) is 75.4 Å². The Morgan fingerprint density at radius 2 is 2.04 bits per heavy atom. The van der Waals surface area contributed by atoms with Crippen LogP contribution >= 0.6 is 0 Å². The van der Waals surface area contributed by atoms with E-state index in [-0.39, 0.29) is 11.9 Å². The van der Waals surface area contributed by atoms with Crippen molar-refractivity contribution < 1.29 is 9.59 Å². The number of benzene rings is 1. The van der Waals surface area contributed by atoms with E-state index in [9.17, 15) is 9.59 Å². The van der Waals surface area contributed by atoms with Gasteiger partial charge in [-0.25, -0.2) is 0 Å². The van der Waals surface area contributed by atoms with Gasteiger partial charge in [-0.2, -0.15) is 0 Å². The van der Waals surface area contributed by atoms with Crippen molar-refractivity contribution in [3.8, 4) is 0 Å². The lowest BCUT2D eigenvalue weighted by molar-refractivity contribution is -0.121. The number of nitrogens with two attached hydrogens (primary N) is 1. The lowest BCUT2D eigenvalue weighted by atomic mass is 10.1. The molecule has 0 aromatic heterocycles. The third-order valence-electron chi connectivity index (χ3n) is 4.23. The summed E-state index contributed by atoms with van der Waals surface area (Å²) in [7, 11) is 0. The molecule has 3 rings (SSSR count). The molecule has 1 saturated carbocycles. The summed E-state index contributed by atoms with van der Waals surface area (Å²) in [6, 6.07) is 10.5. The van der Waals surface area contributed by atoms with Gasteiger partial charge in [-0.3, -0.25) is 9.59 Å². The molecule has 0 spiro atoms. The Balaban J connectivity index is 1.43. The van der Waals surface area contributed by atoms with Crippen molar-refractivity contribution in [3.05, 3.63) is 59.9 Å². The number of amides is 2. The van der Waals surface area contributed by atoms with Gasteiger partial charge in [0.1, 0.15) is 0 Å². The van der Waals surface area contributed by atoms with Crippen LogP contribution in [0, 0.1) is 0 Å². The van der Waals surface area contributed by atoms with E-state index >= 15 is 0 Å². The first kappa shape index (κ1) is 15.3. The SMILES string of the molecule is NC(=O)C1=CN(CCC(=O)N[C@@H]2C[C@H]2c2ccccc2)C=CC1. The van der Waals surface area contributed by atoms with Gasteiger partial charge in [-0.15, -0.1) is 0 Å². The van der Waals surface area contributed by atoms with Crippen LogP contribution in [-0.4, -0.2) is 29.3 Å². The van der Waals surface area contributed by atoms with Gasteiger partial charge in [0.05, 0.1) is 0 Å². The van der Waals surface area contributed by atoms with Crippen LogP contribution in [0.5, 0.6) is 0 Å². The van der Waals surface area contributed by atoms with Gasteiger partial charge in [0.15, 0.2) is 0 Å². The Morgan fingerprint density at radius 1 is 1.26 bits per heavy atom. The molecule has 1 heterocycles. The Labute approximate surface area is 135 Å². The fourth-order valence-corrected chi connectivity index (χ4v) is 2.85. The number of nitrogens with zero attached hydrogens (tertiary/aromatic N) is 1. The Hall–Kier alpha value is -2.56. The molecular formula is C18H21N3O2. The lowest BCUT2D eigenvalue weighted by Gasteiger charge is -2.20. The zero-order valence-electron chi connectivity index (χ0n) is 12.9. The summed E-state index contributed by atoms with van der Waals surface area (Å²) >= 11 is 0. The van der Waals surface area contributed by atoms with Gasteiger partial charge in [0.25, 0.3) is 0 Å². The molecule has 0 saturated heterocycles. The molecule has 1 aliphatic carbocycles. The average molecular weight is 311 g/mol. The predicted molar refractivity (Wildman–Crippen MR) is 88.1 cm³/mol. The highest BCUT2D eigenvalue weighted by atomic mass is 16.2. The predicted octanol–water partition coefficient (Wildman–Crippen LogP) is 1.64. The average Bonchev–Trinajstić information content (AvgIpc) is 3.33. The maximum Gasteiger partial charge on any atom is 0.246 e. The number of carbonyl (C=O) groups is 2. The fourth-order valence-electron chi connectivity index (χ4n) is 2.85. The molecule has 0 radical (unpaired) electrons. The van der Waals surface area contributed by atoms with Crippen molar-refractivity contribution in [3.63, 3.8) is 0 Å². The molecule has 1 aromatic rings. The zero-order valence-corrected chi connectivity index (χ0v) is 12.9. The van der Waals surface area contributed by atoms with Crippen molar-refractivity contribution >= 4 is 11.8 Å². The molecular weight excluding hydrogens is 290 g/mol. The quantitative estimate of drug-likeness (QED) is 0.838. The largest absolute Gasteiger partial charge is 0.366 e. The van der Waals surface area contributed by atoms with Gasteiger partial charge in [0, 0.05) is 36.7 Å². The van der Waals surface area contributed by atoms with E-state index in [2.05, 4.69) is 17.4 Å². The molecule has 2 amide bonds. The van der Waals surface area contributed by atoms with Crippen LogP contribution < -0.4 is 11.1 Å². The van der Waals surface area contributed by atoms with Crippen molar-refractivity contribution in [1.29, 1.82) is 0 Å².